The van der Waals surface area contributed by atoms with Crippen LogP contribution in [0.1, 0.15) is 31.7 Å². The van der Waals surface area contributed by atoms with Crippen LogP contribution in [0.2, 0.25) is 0 Å². The van der Waals surface area contributed by atoms with E-state index >= 15 is 0 Å². The third kappa shape index (κ3) is 4.05. The van der Waals surface area contributed by atoms with Crippen molar-refractivity contribution in [3.05, 3.63) is 35.9 Å². The lowest BCUT2D eigenvalue weighted by Gasteiger charge is -2.37. The molecule has 1 aliphatic carbocycles. The zero-order valence-electron chi connectivity index (χ0n) is 12.0. The second kappa shape index (κ2) is 6.06. The molecule has 3 rings (SSSR count). The van der Waals surface area contributed by atoms with E-state index in [1.165, 1.54) is 44.5 Å². The van der Waals surface area contributed by atoms with E-state index in [1.54, 1.807) is 0 Å². The standard InChI is InChI=1S/C17H26N2/c1-14-9-17(18-10-15-7-8-15)13-19(11-14)12-16-5-3-2-4-6-16/h2-6,14-15,17-18H,7-13H2,1H3. The number of piperidine rings is 1. The Balaban J connectivity index is 1.52. The topological polar surface area (TPSA) is 15.3 Å². The normalized spacial score (nSPS) is 28.5. The number of likely N-dealkylation sites (tertiary alicyclic amines) is 1. The minimum absolute atomic E-state index is 0.702. The number of nitrogens with zero attached hydrogens (tertiary/aromatic N) is 1. The van der Waals surface area contributed by atoms with Crippen LogP contribution in [0.3, 0.4) is 0 Å². The second-order valence-corrected chi connectivity index (χ2v) is 6.57. The molecular formula is C17H26N2. The number of hydrogen-bond acceptors (Lipinski definition) is 2. The van der Waals surface area contributed by atoms with E-state index in [1.807, 2.05) is 0 Å². The maximum absolute atomic E-state index is 3.79. The monoisotopic (exact) mass is 258 g/mol. The first-order valence-electron chi connectivity index (χ1n) is 7.79. The maximum Gasteiger partial charge on any atom is 0.0234 e. The zero-order chi connectivity index (χ0) is 13.1. The quantitative estimate of drug-likeness (QED) is 0.873. The van der Waals surface area contributed by atoms with Crippen LogP contribution < -0.4 is 5.32 Å². The Morgan fingerprint density at radius 3 is 2.68 bits per heavy atom. The van der Waals surface area contributed by atoms with Crippen LogP contribution in [-0.4, -0.2) is 30.6 Å². The van der Waals surface area contributed by atoms with Gasteiger partial charge in [-0.3, -0.25) is 4.90 Å². The highest BCUT2D eigenvalue weighted by molar-refractivity contribution is 5.14. The molecule has 0 amide bonds. The van der Waals surface area contributed by atoms with Crippen LogP contribution in [0.25, 0.3) is 0 Å². The van der Waals surface area contributed by atoms with E-state index in [0.29, 0.717) is 6.04 Å². The zero-order valence-corrected chi connectivity index (χ0v) is 12.0. The van der Waals surface area contributed by atoms with Crippen molar-refractivity contribution in [1.29, 1.82) is 0 Å². The van der Waals surface area contributed by atoms with Gasteiger partial charge in [0.15, 0.2) is 0 Å². The highest BCUT2D eigenvalue weighted by Gasteiger charge is 2.27. The molecule has 2 heteroatoms. The molecule has 2 aliphatic rings. The van der Waals surface area contributed by atoms with Gasteiger partial charge in [0.05, 0.1) is 0 Å². The summed E-state index contributed by atoms with van der Waals surface area (Å²) in [5.41, 5.74) is 1.44. The van der Waals surface area contributed by atoms with Gasteiger partial charge in [-0.25, -0.2) is 0 Å². The van der Waals surface area contributed by atoms with Gasteiger partial charge in [0.25, 0.3) is 0 Å². The Labute approximate surface area is 117 Å². The van der Waals surface area contributed by atoms with Gasteiger partial charge in [0, 0.05) is 25.7 Å². The van der Waals surface area contributed by atoms with E-state index in [0.717, 1.165) is 18.4 Å². The minimum atomic E-state index is 0.702. The molecule has 1 aromatic carbocycles. The van der Waals surface area contributed by atoms with Crippen molar-refractivity contribution in [2.75, 3.05) is 19.6 Å². The van der Waals surface area contributed by atoms with Gasteiger partial charge in [-0.15, -0.1) is 0 Å². The third-order valence-corrected chi connectivity index (χ3v) is 4.38. The first-order chi connectivity index (χ1) is 9.29. The molecule has 2 unspecified atom stereocenters. The molecule has 0 radical (unpaired) electrons. The third-order valence-electron chi connectivity index (χ3n) is 4.38. The van der Waals surface area contributed by atoms with E-state index in [-0.39, 0.29) is 0 Å². The summed E-state index contributed by atoms with van der Waals surface area (Å²) in [7, 11) is 0. The van der Waals surface area contributed by atoms with E-state index < -0.39 is 0 Å². The average Bonchev–Trinajstić information content (AvgIpc) is 3.21. The fourth-order valence-electron chi connectivity index (χ4n) is 3.24. The molecule has 104 valence electrons. The molecule has 2 nitrogen and oxygen atoms in total. The van der Waals surface area contributed by atoms with Gasteiger partial charge in [-0.2, -0.15) is 0 Å². The summed E-state index contributed by atoms with van der Waals surface area (Å²) in [5, 5.41) is 3.79. The van der Waals surface area contributed by atoms with Gasteiger partial charge in [0.2, 0.25) is 0 Å². The van der Waals surface area contributed by atoms with Crippen LogP contribution in [0.4, 0.5) is 0 Å². The number of hydrogen-bond donors (Lipinski definition) is 1. The molecule has 0 aromatic heterocycles. The van der Waals surface area contributed by atoms with Crippen molar-refractivity contribution in [1.82, 2.24) is 10.2 Å². The molecule has 1 heterocycles. The van der Waals surface area contributed by atoms with E-state index in [9.17, 15) is 0 Å². The van der Waals surface area contributed by atoms with Crippen molar-refractivity contribution in [3.63, 3.8) is 0 Å². The Kier molecular flexibility index (Phi) is 4.19. The van der Waals surface area contributed by atoms with Crippen LogP contribution in [0, 0.1) is 11.8 Å². The summed E-state index contributed by atoms with van der Waals surface area (Å²) in [4.78, 5) is 2.62. The Bertz CT molecular complexity index is 386. The molecule has 19 heavy (non-hydrogen) atoms. The van der Waals surface area contributed by atoms with Gasteiger partial charge < -0.3 is 5.32 Å². The first-order valence-corrected chi connectivity index (χ1v) is 7.79. The van der Waals surface area contributed by atoms with E-state index in [4.69, 9.17) is 0 Å². The lowest BCUT2D eigenvalue weighted by molar-refractivity contribution is 0.142. The summed E-state index contributed by atoms with van der Waals surface area (Å²) in [6.07, 6.45) is 4.24. The maximum atomic E-state index is 3.79. The van der Waals surface area contributed by atoms with Gasteiger partial charge in [0.1, 0.15) is 0 Å². The summed E-state index contributed by atoms with van der Waals surface area (Å²) in [5.74, 6) is 1.80. The fraction of sp³-hybridized carbons (Fsp3) is 0.647. The van der Waals surface area contributed by atoms with Crippen molar-refractivity contribution in [3.8, 4) is 0 Å². The second-order valence-electron chi connectivity index (χ2n) is 6.57. The van der Waals surface area contributed by atoms with Crippen LogP contribution in [-0.2, 0) is 6.54 Å². The molecule has 2 fully saturated rings. The van der Waals surface area contributed by atoms with E-state index in [2.05, 4.69) is 47.5 Å². The Hall–Kier alpha value is -0.860. The average molecular weight is 258 g/mol. The van der Waals surface area contributed by atoms with Gasteiger partial charge >= 0.3 is 0 Å². The summed E-state index contributed by atoms with van der Waals surface area (Å²) in [6, 6.07) is 11.6. The van der Waals surface area contributed by atoms with Gasteiger partial charge in [-0.05, 0) is 43.2 Å². The van der Waals surface area contributed by atoms with Crippen LogP contribution in [0.15, 0.2) is 30.3 Å². The lowest BCUT2D eigenvalue weighted by Crippen LogP contribution is -2.48. The molecule has 1 aliphatic heterocycles. The number of benzene rings is 1. The SMILES string of the molecule is CC1CC(NCC2CC2)CN(Cc2ccccc2)C1. The van der Waals surface area contributed by atoms with Gasteiger partial charge in [-0.1, -0.05) is 37.3 Å². The summed E-state index contributed by atoms with van der Waals surface area (Å²) >= 11 is 0. The van der Waals surface area contributed by atoms with Crippen molar-refractivity contribution in [2.45, 2.75) is 38.8 Å². The first kappa shape index (κ1) is 13.1. The predicted molar refractivity (Wildman–Crippen MR) is 80.0 cm³/mol. The largest absolute Gasteiger partial charge is 0.312 e. The molecular weight excluding hydrogens is 232 g/mol. The molecule has 1 aromatic rings. The van der Waals surface area contributed by atoms with Crippen LogP contribution in [0.5, 0.6) is 0 Å². The molecule has 0 bridgehead atoms. The number of nitrogens with one attached hydrogen (secondary N) is 1. The Morgan fingerprint density at radius 2 is 1.95 bits per heavy atom. The predicted octanol–water partition coefficient (Wildman–Crippen LogP) is 2.90. The molecule has 1 N–H and O–H groups in total. The van der Waals surface area contributed by atoms with Crippen LogP contribution >= 0.6 is 0 Å². The minimum Gasteiger partial charge on any atom is -0.312 e. The fourth-order valence-corrected chi connectivity index (χ4v) is 3.24. The highest BCUT2D eigenvalue weighted by atomic mass is 15.2. The molecule has 1 saturated carbocycles. The highest BCUT2D eigenvalue weighted by Crippen LogP contribution is 2.28. The molecule has 1 saturated heterocycles. The van der Waals surface area contributed by atoms with Crippen molar-refractivity contribution >= 4 is 0 Å². The molecule has 0 spiro atoms. The molecule has 2 atom stereocenters. The smallest absolute Gasteiger partial charge is 0.0234 e. The lowest BCUT2D eigenvalue weighted by atomic mass is 9.95. The summed E-state index contributed by atoms with van der Waals surface area (Å²) < 4.78 is 0. The number of rotatable bonds is 5. The summed E-state index contributed by atoms with van der Waals surface area (Å²) in [6.45, 7) is 7.20. The van der Waals surface area contributed by atoms with Crippen molar-refractivity contribution < 1.29 is 0 Å². The Morgan fingerprint density at radius 1 is 1.16 bits per heavy atom. The van der Waals surface area contributed by atoms with Crippen molar-refractivity contribution in [2.24, 2.45) is 11.8 Å².